The van der Waals surface area contributed by atoms with Crippen molar-refractivity contribution < 1.29 is 18.7 Å². The van der Waals surface area contributed by atoms with Gasteiger partial charge >= 0.3 is 5.97 Å². The summed E-state index contributed by atoms with van der Waals surface area (Å²) in [5.41, 5.74) is 1.65. The number of rotatable bonds is 2. The van der Waals surface area contributed by atoms with Gasteiger partial charge in [-0.1, -0.05) is 18.2 Å². The second-order valence-electron chi connectivity index (χ2n) is 5.69. The lowest BCUT2D eigenvalue weighted by atomic mass is 9.85. The van der Waals surface area contributed by atoms with E-state index in [1.54, 1.807) is 6.07 Å². The summed E-state index contributed by atoms with van der Waals surface area (Å²) >= 11 is 0. The van der Waals surface area contributed by atoms with Crippen LogP contribution < -0.4 is 0 Å². The van der Waals surface area contributed by atoms with Gasteiger partial charge in [-0.15, -0.1) is 0 Å². The van der Waals surface area contributed by atoms with Crippen LogP contribution in [-0.4, -0.2) is 36.9 Å². The molecule has 2 heterocycles. The third-order valence-electron chi connectivity index (χ3n) is 4.46. The summed E-state index contributed by atoms with van der Waals surface area (Å²) in [6, 6.07) is 6.80. The molecule has 1 fully saturated rings. The van der Waals surface area contributed by atoms with Gasteiger partial charge in [0.05, 0.1) is 7.11 Å². The predicted molar refractivity (Wildman–Crippen MR) is 78.6 cm³/mol. The Kier molecular flexibility index (Phi) is 3.96. The highest BCUT2D eigenvalue weighted by Crippen LogP contribution is 2.36. The fourth-order valence-electron chi connectivity index (χ4n) is 3.36. The van der Waals surface area contributed by atoms with Crippen molar-refractivity contribution in [1.29, 1.82) is 0 Å². The first-order valence-electron chi connectivity index (χ1n) is 7.46. The molecule has 4 nitrogen and oxygen atoms in total. The molecule has 0 spiro atoms. The number of allylic oxidation sites excluding steroid dienone is 1. The minimum absolute atomic E-state index is 0.0806. The Morgan fingerprint density at radius 2 is 2.09 bits per heavy atom. The molecule has 0 bridgehead atoms. The highest BCUT2D eigenvalue weighted by Gasteiger charge is 2.35. The number of benzene rings is 1. The van der Waals surface area contributed by atoms with Crippen molar-refractivity contribution >= 4 is 11.8 Å². The van der Waals surface area contributed by atoms with E-state index < -0.39 is 5.97 Å². The maximum absolute atomic E-state index is 14.0. The minimum Gasteiger partial charge on any atom is -0.465 e. The summed E-state index contributed by atoms with van der Waals surface area (Å²) < 4.78 is 18.7. The predicted octanol–water partition coefficient (Wildman–Crippen LogP) is 2.41. The molecule has 1 aromatic rings. The summed E-state index contributed by atoms with van der Waals surface area (Å²) in [5.74, 6) is -0.824. The molecule has 0 saturated carbocycles. The van der Waals surface area contributed by atoms with Crippen LogP contribution in [0.25, 0.3) is 0 Å². The van der Waals surface area contributed by atoms with E-state index in [-0.39, 0.29) is 23.1 Å². The van der Waals surface area contributed by atoms with Crippen LogP contribution in [0.1, 0.15) is 30.7 Å². The van der Waals surface area contributed by atoms with Crippen LogP contribution >= 0.6 is 0 Å². The standard InChI is InChI=1S/C17H18FNO3/c1-22-17(21)16-14-7-6-11(10-19(14)9-8-15(16)20)12-4-2-3-5-13(12)18/h2-5,11H,6-10H2,1H3. The third kappa shape index (κ3) is 2.51. The SMILES string of the molecule is COC(=O)C1=C2CCC(c3ccccc3F)CN2CCC1=O. The Bertz CT molecular complexity index is 653. The average Bonchev–Trinajstić information content (AvgIpc) is 2.54. The van der Waals surface area contributed by atoms with Gasteiger partial charge in [-0.2, -0.15) is 0 Å². The molecule has 0 radical (unpaired) electrons. The molecule has 0 amide bonds. The van der Waals surface area contributed by atoms with Crippen LogP contribution in [0.5, 0.6) is 0 Å². The second kappa shape index (κ2) is 5.91. The van der Waals surface area contributed by atoms with E-state index >= 15 is 0 Å². The Balaban J connectivity index is 1.89. The highest BCUT2D eigenvalue weighted by molar-refractivity contribution is 6.18. The first-order valence-corrected chi connectivity index (χ1v) is 7.46. The number of hydrogen-bond donors (Lipinski definition) is 0. The number of fused-ring (bicyclic) bond motifs is 1. The van der Waals surface area contributed by atoms with E-state index in [0.717, 1.165) is 12.1 Å². The van der Waals surface area contributed by atoms with Crippen molar-refractivity contribution in [3.63, 3.8) is 0 Å². The Hall–Kier alpha value is -2.17. The summed E-state index contributed by atoms with van der Waals surface area (Å²) in [4.78, 5) is 25.9. The molecule has 2 aliphatic rings. The zero-order valence-electron chi connectivity index (χ0n) is 12.5. The molecule has 0 aliphatic carbocycles. The van der Waals surface area contributed by atoms with Gasteiger partial charge in [0, 0.05) is 31.1 Å². The van der Waals surface area contributed by atoms with Gasteiger partial charge in [-0.05, 0) is 24.5 Å². The zero-order chi connectivity index (χ0) is 15.7. The lowest BCUT2D eigenvalue weighted by molar-refractivity contribution is -0.138. The van der Waals surface area contributed by atoms with Gasteiger partial charge in [0.2, 0.25) is 0 Å². The number of hydrogen-bond acceptors (Lipinski definition) is 4. The fraction of sp³-hybridized carbons (Fsp3) is 0.412. The van der Waals surface area contributed by atoms with Gasteiger partial charge in [0.15, 0.2) is 5.78 Å². The lowest BCUT2D eigenvalue weighted by Crippen LogP contribution is -2.41. The van der Waals surface area contributed by atoms with E-state index in [1.165, 1.54) is 13.2 Å². The second-order valence-corrected chi connectivity index (χ2v) is 5.69. The van der Waals surface area contributed by atoms with Crippen molar-refractivity contribution in [2.75, 3.05) is 20.2 Å². The molecule has 1 aromatic carbocycles. The molecule has 3 rings (SSSR count). The van der Waals surface area contributed by atoms with Gasteiger partial charge in [-0.3, -0.25) is 4.79 Å². The van der Waals surface area contributed by atoms with E-state index in [0.29, 0.717) is 31.5 Å². The topological polar surface area (TPSA) is 46.6 Å². The van der Waals surface area contributed by atoms with Crippen LogP contribution in [-0.2, 0) is 14.3 Å². The van der Waals surface area contributed by atoms with Crippen LogP contribution in [0.15, 0.2) is 35.5 Å². The Morgan fingerprint density at radius 1 is 1.32 bits per heavy atom. The number of nitrogens with zero attached hydrogens (tertiary/aromatic N) is 1. The molecule has 5 heteroatoms. The number of halogens is 1. The van der Waals surface area contributed by atoms with Crippen molar-refractivity contribution in [2.45, 2.75) is 25.2 Å². The lowest BCUT2D eigenvalue weighted by Gasteiger charge is -2.40. The van der Waals surface area contributed by atoms with Crippen LogP contribution in [0.2, 0.25) is 0 Å². The van der Waals surface area contributed by atoms with Crippen LogP contribution in [0, 0.1) is 5.82 Å². The van der Waals surface area contributed by atoms with E-state index in [4.69, 9.17) is 4.74 Å². The number of carbonyl (C=O) groups excluding carboxylic acids is 2. The van der Waals surface area contributed by atoms with Crippen molar-refractivity contribution in [3.8, 4) is 0 Å². The van der Waals surface area contributed by atoms with Crippen molar-refractivity contribution in [2.24, 2.45) is 0 Å². The molecule has 1 saturated heterocycles. The van der Waals surface area contributed by atoms with E-state index in [1.807, 2.05) is 17.0 Å². The number of esters is 1. The minimum atomic E-state index is -0.561. The van der Waals surface area contributed by atoms with Crippen molar-refractivity contribution in [1.82, 2.24) is 4.90 Å². The number of carbonyl (C=O) groups is 2. The molecular weight excluding hydrogens is 285 g/mol. The van der Waals surface area contributed by atoms with E-state index in [2.05, 4.69) is 0 Å². The van der Waals surface area contributed by atoms with Gasteiger partial charge in [0.1, 0.15) is 11.4 Å². The Labute approximate surface area is 128 Å². The van der Waals surface area contributed by atoms with Gasteiger partial charge < -0.3 is 9.64 Å². The molecule has 116 valence electrons. The molecule has 0 N–H and O–H groups in total. The van der Waals surface area contributed by atoms with Gasteiger partial charge in [0.25, 0.3) is 0 Å². The van der Waals surface area contributed by atoms with Crippen molar-refractivity contribution in [3.05, 3.63) is 46.9 Å². The monoisotopic (exact) mass is 303 g/mol. The molecule has 1 atom stereocenters. The fourth-order valence-corrected chi connectivity index (χ4v) is 3.36. The molecule has 2 aliphatic heterocycles. The molecule has 1 unspecified atom stereocenters. The number of piperidine rings is 1. The zero-order valence-corrected chi connectivity index (χ0v) is 12.5. The summed E-state index contributed by atoms with van der Waals surface area (Å²) in [6.07, 6.45) is 1.62. The number of Topliss-reactive ketones (excluding diaryl/α,β-unsaturated/α-hetero) is 1. The summed E-state index contributed by atoms with van der Waals surface area (Å²) in [7, 11) is 1.28. The highest BCUT2D eigenvalue weighted by atomic mass is 19.1. The Morgan fingerprint density at radius 3 is 2.82 bits per heavy atom. The number of ketones is 1. The molecule has 22 heavy (non-hydrogen) atoms. The quantitative estimate of drug-likeness (QED) is 0.622. The normalized spacial score (nSPS) is 21.6. The average molecular weight is 303 g/mol. The van der Waals surface area contributed by atoms with Crippen LogP contribution in [0.3, 0.4) is 0 Å². The van der Waals surface area contributed by atoms with E-state index in [9.17, 15) is 14.0 Å². The molecule has 0 aromatic heterocycles. The first-order chi connectivity index (χ1) is 10.6. The maximum Gasteiger partial charge on any atom is 0.343 e. The summed E-state index contributed by atoms with van der Waals surface area (Å²) in [5, 5.41) is 0. The molecular formula is C17H18FNO3. The largest absolute Gasteiger partial charge is 0.465 e. The number of methoxy groups -OCH3 is 1. The third-order valence-corrected chi connectivity index (χ3v) is 4.46. The first kappa shape index (κ1) is 14.8. The maximum atomic E-state index is 14.0. The van der Waals surface area contributed by atoms with Crippen LogP contribution in [0.4, 0.5) is 4.39 Å². The smallest absolute Gasteiger partial charge is 0.343 e. The summed E-state index contributed by atoms with van der Waals surface area (Å²) in [6.45, 7) is 1.21. The number of ether oxygens (including phenoxy) is 1. The van der Waals surface area contributed by atoms with Gasteiger partial charge in [-0.25, -0.2) is 9.18 Å².